The van der Waals surface area contributed by atoms with E-state index in [-0.39, 0.29) is 5.75 Å². The Hall–Kier alpha value is -1.91. The fraction of sp³-hybridized carbons (Fsp3) is 0.214. The smallest absolute Gasteiger partial charge is 0.115 e. The number of aliphatic hydroxyl groups excluding tert-OH is 1. The maximum Gasteiger partial charge on any atom is 0.115 e. The summed E-state index contributed by atoms with van der Waals surface area (Å²) < 4.78 is 0. The third-order valence-electron chi connectivity index (χ3n) is 2.62. The quantitative estimate of drug-likeness (QED) is 0.747. The molecule has 1 aromatic carbocycles. The first kappa shape index (κ1) is 12.5. The van der Waals surface area contributed by atoms with E-state index in [1.54, 1.807) is 30.5 Å². The first-order valence-corrected chi connectivity index (χ1v) is 5.83. The zero-order valence-electron chi connectivity index (χ0n) is 9.95. The summed E-state index contributed by atoms with van der Waals surface area (Å²) in [7, 11) is 0. The van der Waals surface area contributed by atoms with E-state index in [0.29, 0.717) is 18.7 Å². The molecule has 0 amide bonds. The van der Waals surface area contributed by atoms with Gasteiger partial charge in [-0.25, -0.2) is 0 Å². The second-order valence-electron chi connectivity index (χ2n) is 4.06. The first-order valence-electron chi connectivity index (χ1n) is 5.83. The molecule has 0 fully saturated rings. The number of nitrogens with one attached hydrogen (secondary N) is 1. The van der Waals surface area contributed by atoms with Gasteiger partial charge in [-0.3, -0.25) is 4.98 Å². The Morgan fingerprint density at radius 1 is 1.17 bits per heavy atom. The second-order valence-corrected chi connectivity index (χ2v) is 4.06. The number of rotatable bonds is 5. The molecule has 1 aromatic heterocycles. The number of aromatic nitrogens is 1. The van der Waals surface area contributed by atoms with Gasteiger partial charge in [0.05, 0.1) is 11.8 Å². The van der Waals surface area contributed by atoms with E-state index < -0.39 is 6.10 Å². The van der Waals surface area contributed by atoms with Crippen molar-refractivity contribution >= 4 is 0 Å². The van der Waals surface area contributed by atoms with Gasteiger partial charge in [-0.2, -0.15) is 0 Å². The Bertz CT molecular complexity index is 488. The summed E-state index contributed by atoms with van der Waals surface area (Å²) in [6.07, 6.45) is 1.10. The van der Waals surface area contributed by atoms with Crippen molar-refractivity contribution in [2.24, 2.45) is 0 Å². The van der Waals surface area contributed by atoms with Crippen molar-refractivity contribution in [2.75, 3.05) is 6.54 Å². The van der Waals surface area contributed by atoms with E-state index >= 15 is 0 Å². The molecule has 18 heavy (non-hydrogen) atoms. The van der Waals surface area contributed by atoms with Gasteiger partial charge in [0, 0.05) is 19.3 Å². The molecule has 1 heterocycles. The largest absolute Gasteiger partial charge is 0.508 e. The van der Waals surface area contributed by atoms with Crippen LogP contribution < -0.4 is 5.32 Å². The summed E-state index contributed by atoms with van der Waals surface area (Å²) in [6, 6.07) is 12.4. The lowest BCUT2D eigenvalue weighted by atomic mass is 10.1. The standard InChI is InChI=1S/C14H16N2O2/c17-13-6-3-4-11(8-13)14(18)10-15-9-12-5-1-2-7-16-12/h1-8,14-15,17-18H,9-10H2/t14-/m0/s1. The molecule has 0 aliphatic carbocycles. The predicted octanol–water partition coefficient (Wildman–Crippen LogP) is 1.61. The molecule has 0 spiro atoms. The molecule has 3 N–H and O–H groups in total. The van der Waals surface area contributed by atoms with E-state index in [0.717, 1.165) is 5.69 Å². The van der Waals surface area contributed by atoms with Crippen LogP contribution in [-0.4, -0.2) is 21.7 Å². The molecule has 0 saturated carbocycles. The van der Waals surface area contributed by atoms with Crippen molar-refractivity contribution in [1.29, 1.82) is 0 Å². The van der Waals surface area contributed by atoms with Crippen LogP contribution in [0.25, 0.3) is 0 Å². The summed E-state index contributed by atoms with van der Waals surface area (Å²) in [5.74, 6) is 0.163. The van der Waals surface area contributed by atoms with Crippen LogP contribution in [0.4, 0.5) is 0 Å². The normalized spacial score (nSPS) is 12.3. The topological polar surface area (TPSA) is 65.4 Å². The van der Waals surface area contributed by atoms with Crippen molar-refractivity contribution in [3.63, 3.8) is 0 Å². The van der Waals surface area contributed by atoms with Crippen LogP contribution >= 0.6 is 0 Å². The molecule has 94 valence electrons. The monoisotopic (exact) mass is 244 g/mol. The van der Waals surface area contributed by atoms with Crippen LogP contribution in [0.1, 0.15) is 17.4 Å². The maximum absolute atomic E-state index is 9.93. The van der Waals surface area contributed by atoms with E-state index in [9.17, 15) is 10.2 Å². The SMILES string of the molecule is Oc1cccc([C@@H](O)CNCc2ccccn2)c1. The Kier molecular flexibility index (Phi) is 4.28. The minimum absolute atomic E-state index is 0.163. The number of pyridine rings is 1. The van der Waals surface area contributed by atoms with E-state index in [1.807, 2.05) is 18.2 Å². The number of aliphatic hydroxyl groups is 1. The highest BCUT2D eigenvalue weighted by Gasteiger charge is 2.07. The summed E-state index contributed by atoms with van der Waals surface area (Å²) in [4.78, 5) is 4.18. The lowest BCUT2D eigenvalue weighted by Crippen LogP contribution is -2.21. The van der Waals surface area contributed by atoms with E-state index in [2.05, 4.69) is 10.3 Å². The van der Waals surface area contributed by atoms with Crippen LogP contribution in [0.3, 0.4) is 0 Å². The van der Waals surface area contributed by atoms with Crippen molar-refractivity contribution in [2.45, 2.75) is 12.6 Å². The number of nitrogens with zero attached hydrogens (tertiary/aromatic N) is 1. The van der Waals surface area contributed by atoms with Gasteiger partial charge in [0.1, 0.15) is 5.75 Å². The highest BCUT2D eigenvalue weighted by molar-refractivity contribution is 5.28. The average Bonchev–Trinajstić information content (AvgIpc) is 2.40. The Balaban J connectivity index is 1.83. The molecule has 0 unspecified atom stereocenters. The van der Waals surface area contributed by atoms with E-state index in [1.165, 1.54) is 0 Å². The number of phenols is 1. The Morgan fingerprint density at radius 2 is 2.06 bits per heavy atom. The summed E-state index contributed by atoms with van der Waals surface area (Å²) in [5, 5.41) is 22.4. The summed E-state index contributed by atoms with van der Waals surface area (Å²) in [6.45, 7) is 1.02. The van der Waals surface area contributed by atoms with Crippen molar-refractivity contribution < 1.29 is 10.2 Å². The van der Waals surface area contributed by atoms with Crippen molar-refractivity contribution in [3.8, 4) is 5.75 Å². The van der Waals surface area contributed by atoms with Crippen LogP contribution in [-0.2, 0) is 6.54 Å². The lowest BCUT2D eigenvalue weighted by Gasteiger charge is -2.12. The molecule has 0 aliphatic heterocycles. The van der Waals surface area contributed by atoms with Gasteiger partial charge in [0.2, 0.25) is 0 Å². The first-order chi connectivity index (χ1) is 8.75. The lowest BCUT2D eigenvalue weighted by molar-refractivity contribution is 0.174. The molecular weight excluding hydrogens is 228 g/mol. The molecule has 0 aliphatic rings. The highest BCUT2D eigenvalue weighted by atomic mass is 16.3. The third-order valence-corrected chi connectivity index (χ3v) is 2.62. The van der Waals surface area contributed by atoms with Gasteiger partial charge in [-0.1, -0.05) is 18.2 Å². The average molecular weight is 244 g/mol. The third kappa shape index (κ3) is 3.55. The van der Waals surface area contributed by atoms with Gasteiger partial charge in [0.25, 0.3) is 0 Å². The van der Waals surface area contributed by atoms with Crippen LogP contribution in [0.2, 0.25) is 0 Å². The number of phenolic OH excluding ortho intramolecular Hbond substituents is 1. The second kappa shape index (κ2) is 6.14. The Labute approximate surface area is 106 Å². The fourth-order valence-corrected chi connectivity index (χ4v) is 1.69. The van der Waals surface area contributed by atoms with Gasteiger partial charge < -0.3 is 15.5 Å². The molecule has 2 rings (SSSR count). The minimum atomic E-state index is -0.638. The number of hydrogen-bond donors (Lipinski definition) is 3. The number of aromatic hydroxyl groups is 1. The molecule has 4 heteroatoms. The minimum Gasteiger partial charge on any atom is -0.508 e. The summed E-state index contributed by atoms with van der Waals surface area (Å²) >= 11 is 0. The van der Waals surface area contributed by atoms with Crippen LogP contribution in [0.5, 0.6) is 5.75 Å². The molecule has 4 nitrogen and oxygen atoms in total. The van der Waals surface area contributed by atoms with Gasteiger partial charge in [0.15, 0.2) is 0 Å². The van der Waals surface area contributed by atoms with Gasteiger partial charge in [-0.05, 0) is 29.8 Å². The van der Waals surface area contributed by atoms with E-state index in [4.69, 9.17) is 0 Å². The Morgan fingerprint density at radius 3 is 2.78 bits per heavy atom. The molecule has 2 aromatic rings. The fourth-order valence-electron chi connectivity index (χ4n) is 1.69. The number of hydrogen-bond acceptors (Lipinski definition) is 4. The predicted molar refractivity (Wildman–Crippen MR) is 69.0 cm³/mol. The van der Waals surface area contributed by atoms with Crippen LogP contribution in [0, 0.1) is 0 Å². The van der Waals surface area contributed by atoms with Gasteiger partial charge in [-0.15, -0.1) is 0 Å². The molecule has 1 atom stereocenters. The summed E-state index contributed by atoms with van der Waals surface area (Å²) in [5.41, 5.74) is 1.63. The molecule has 0 saturated heterocycles. The van der Waals surface area contributed by atoms with Gasteiger partial charge >= 0.3 is 0 Å². The zero-order chi connectivity index (χ0) is 12.8. The van der Waals surface area contributed by atoms with Crippen LogP contribution in [0.15, 0.2) is 48.7 Å². The van der Waals surface area contributed by atoms with Crippen molar-refractivity contribution in [3.05, 3.63) is 59.9 Å². The molecule has 0 bridgehead atoms. The van der Waals surface area contributed by atoms with Crippen molar-refractivity contribution in [1.82, 2.24) is 10.3 Å². The number of benzene rings is 1. The zero-order valence-corrected chi connectivity index (χ0v) is 9.95. The maximum atomic E-state index is 9.93. The molecule has 0 radical (unpaired) electrons. The highest BCUT2D eigenvalue weighted by Crippen LogP contribution is 2.17. The molecular formula is C14H16N2O2.